The van der Waals surface area contributed by atoms with Gasteiger partial charge in [0.05, 0.1) is 11.1 Å². The normalized spacial score (nSPS) is 29.3. The van der Waals surface area contributed by atoms with E-state index in [1.54, 1.807) is 0 Å². The van der Waals surface area contributed by atoms with Crippen molar-refractivity contribution < 1.29 is 9.59 Å². The number of piperidine rings is 1. The largest absolute Gasteiger partial charge is 0.274 e. The van der Waals surface area contributed by atoms with Gasteiger partial charge in [-0.15, -0.1) is 0 Å². The number of rotatable bonds is 1. The van der Waals surface area contributed by atoms with Crippen molar-refractivity contribution in [2.75, 3.05) is 4.90 Å². The molecule has 2 bridgehead atoms. The molecule has 118 valence electrons. The molecule has 0 aromatic heterocycles. The number of amides is 2. The third kappa shape index (κ3) is 1.65. The molecule has 1 aliphatic carbocycles. The lowest BCUT2D eigenvalue weighted by Gasteiger charge is -2.47. The fourth-order valence-corrected chi connectivity index (χ4v) is 4.45. The summed E-state index contributed by atoms with van der Waals surface area (Å²) < 4.78 is 0. The minimum absolute atomic E-state index is 0.0358. The average Bonchev–Trinajstić information content (AvgIpc) is 2.72. The first kappa shape index (κ1) is 14.4. The molecule has 4 rings (SSSR count). The first-order valence-electron chi connectivity index (χ1n) is 8.24. The van der Waals surface area contributed by atoms with Crippen LogP contribution in [-0.4, -0.2) is 11.8 Å². The average molecular weight is 307 g/mol. The van der Waals surface area contributed by atoms with Gasteiger partial charge < -0.3 is 0 Å². The second-order valence-electron chi connectivity index (χ2n) is 7.62. The van der Waals surface area contributed by atoms with Crippen LogP contribution in [0.2, 0.25) is 0 Å². The van der Waals surface area contributed by atoms with E-state index in [9.17, 15) is 9.59 Å². The van der Waals surface area contributed by atoms with Gasteiger partial charge in [-0.25, -0.2) is 4.90 Å². The molecule has 2 amide bonds. The van der Waals surface area contributed by atoms with E-state index in [0.29, 0.717) is 0 Å². The van der Waals surface area contributed by atoms with E-state index in [1.165, 1.54) is 4.90 Å². The van der Waals surface area contributed by atoms with E-state index in [1.807, 2.05) is 49.4 Å². The van der Waals surface area contributed by atoms with Crippen molar-refractivity contribution in [2.45, 2.75) is 33.6 Å². The molecule has 2 fully saturated rings. The van der Waals surface area contributed by atoms with Gasteiger partial charge in [-0.05, 0) is 29.7 Å². The predicted octanol–water partition coefficient (Wildman–Crippen LogP) is 4.16. The summed E-state index contributed by atoms with van der Waals surface area (Å²) in [5.41, 5.74) is -0.0168. The Kier molecular flexibility index (Phi) is 2.78. The van der Waals surface area contributed by atoms with Gasteiger partial charge in [-0.1, -0.05) is 57.2 Å². The highest BCUT2D eigenvalue weighted by molar-refractivity contribution is 6.23. The highest BCUT2D eigenvalue weighted by Crippen LogP contribution is 2.60. The van der Waals surface area contributed by atoms with Crippen LogP contribution in [-0.2, 0) is 9.59 Å². The number of fused-ring (bicyclic) bond motifs is 3. The van der Waals surface area contributed by atoms with E-state index in [0.717, 1.165) is 29.3 Å². The highest BCUT2D eigenvalue weighted by atomic mass is 16.2. The van der Waals surface area contributed by atoms with Crippen LogP contribution in [0.1, 0.15) is 33.6 Å². The van der Waals surface area contributed by atoms with Crippen LogP contribution in [0.15, 0.2) is 42.5 Å². The second kappa shape index (κ2) is 4.44. The van der Waals surface area contributed by atoms with Gasteiger partial charge in [0.15, 0.2) is 0 Å². The topological polar surface area (TPSA) is 37.4 Å². The Morgan fingerprint density at radius 3 is 2.48 bits per heavy atom. The van der Waals surface area contributed by atoms with Crippen LogP contribution in [0.5, 0.6) is 0 Å². The predicted molar refractivity (Wildman–Crippen MR) is 91.1 cm³/mol. The van der Waals surface area contributed by atoms with Gasteiger partial charge >= 0.3 is 0 Å². The summed E-state index contributed by atoms with van der Waals surface area (Å²) in [5.74, 6) is -0.159. The molecule has 2 aromatic carbocycles. The number of carbonyl (C=O) groups excluding carboxylic acids is 2. The zero-order valence-corrected chi connectivity index (χ0v) is 13.8. The Balaban J connectivity index is 1.93. The molecular formula is C20H21NO2. The second-order valence-corrected chi connectivity index (χ2v) is 7.62. The Morgan fingerprint density at radius 2 is 1.70 bits per heavy atom. The van der Waals surface area contributed by atoms with Crippen LogP contribution in [0.4, 0.5) is 5.69 Å². The first-order chi connectivity index (χ1) is 10.9. The van der Waals surface area contributed by atoms with Crippen LogP contribution in [0.3, 0.4) is 0 Å². The highest BCUT2D eigenvalue weighted by Gasteiger charge is 2.64. The molecule has 23 heavy (non-hydrogen) atoms. The summed E-state index contributed by atoms with van der Waals surface area (Å²) in [5, 5.41) is 2.01. The Bertz CT molecular complexity index is 833. The number of nitrogens with zero attached hydrogens (tertiary/aromatic N) is 1. The summed E-state index contributed by atoms with van der Waals surface area (Å²) in [6.07, 6.45) is 1.59. The molecule has 1 saturated carbocycles. The van der Waals surface area contributed by atoms with Gasteiger partial charge in [0, 0.05) is 11.3 Å². The summed E-state index contributed by atoms with van der Waals surface area (Å²) in [6, 6.07) is 13.7. The lowest BCUT2D eigenvalue weighted by molar-refractivity contribution is -0.146. The zero-order chi connectivity index (χ0) is 16.4. The zero-order valence-electron chi connectivity index (χ0n) is 13.8. The van der Waals surface area contributed by atoms with Crippen molar-refractivity contribution in [3.8, 4) is 0 Å². The molecule has 2 atom stereocenters. The van der Waals surface area contributed by atoms with Crippen molar-refractivity contribution in [1.82, 2.24) is 0 Å². The molecule has 3 heteroatoms. The Morgan fingerprint density at radius 1 is 1.00 bits per heavy atom. The van der Waals surface area contributed by atoms with Gasteiger partial charge in [0.25, 0.3) is 0 Å². The first-order valence-corrected chi connectivity index (χ1v) is 8.24. The number of hydrogen-bond donors (Lipinski definition) is 0. The third-order valence-corrected chi connectivity index (χ3v) is 6.43. The number of carbonyl (C=O) groups is 2. The van der Waals surface area contributed by atoms with Crippen molar-refractivity contribution in [3.63, 3.8) is 0 Å². The number of benzene rings is 2. The minimum atomic E-state index is -0.470. The molecule has 1 aliphatic heterocycles. The van der Waals surface area contributed by atoms with Crippen LogP contribution in [0.25, 0.3) is 10.8 Å². The lowest BCUT2D eigenvalue weighted by Crippen LogP contribution is -2.59. The maximum Gasteiger partial charge on any atom is 0.240 e. The summed E-state index contributed by atoms with van der Waals surface area (Å²) in [6.45, 7) is 6.17. The summed E-state index contributed by atoms with van der Waals surface area (Å²) in [7, 11) is 0. The van der Waals surface area contributed by atoms with E-state index in [-0.39, 0.29) is 23.1 Å². The van der Waals surface area contributed by atoms with E-state index >= 15 is 0 Å². The van der Waals surface area contributed by atoms with Gasteiger partial charge in [-0.2, -0.15) is 0 Å². The molecule has 0 spiro atoms. The minimum Gasteiger partial charge on any atom is -0.274 e. The number of anilines is 1. The van der Waals surface area contributed by atoms with Crippen LogP contribution in [0, 0.1) is 16.7 Å². The smallest absolute Gasteiger partial charge is 0.240 e. The molecule has 3 nitrogen and oxygen atoms in total. The Hall–Kier alpha value is -2.16. The maximum absolute atomic E-state index is 13.3. The molecule has 2 aliphatic rings. The van der Waals surface area contributed by atoms with E-state index < -0.39 is 5.41 Å². The molecule has 2 aromatic rings. The lowest BCUT2D eigenvalue weighted by atomic mass is 9.62. The standard InChI is InChI=1S/C20H21NO2/c1-19(2)15-11-12-20(19,3)18(23)21(17(15)22)16-10-6-8-13-7-4-5-9-14(13)16/h4-10,15H,11-12H2,1-3H3/t15-,20-/m0/s1. The van der Waals surface area contributed by atoms with Crippen molar-refractivity contribution >= 4 is 28.3 Å². The summed E-state index contributed by atoms with van der Waals surface area (Å²) in [4.78, 5) is 27.8. The molecular weight excluding hydrogens is 286 g/mol. The van der Waals surface area contributed by atoms with Crippen LogP contribution >= 0.6 is 0 Å². The molecule has 0 unspecified atom stereocenters. The monoisotopic (exact) mass is 307 g/mol. The van der Waals surface area contributed by atoms with E-state index in [4.69, 9.17) is 0 Å². The SMILES string of the molecule is CC1(C)[C@H]2CC[C@@]1(C)C(=O)N(c1cccc3ccccc13)C2=O. The quantitative estimate of drug-likeness (QED) is 0.742. The van der Waals surface area contributed by atoms with Crippen molar-refractivity contribution in [2.24, 2.45) is 16.7 Å². The number of hydrogen-bond acceptors (Lipinski definition) is 2. The van der Waals surface area contributed by atoms with Gasteiger partial charge in [0.2, 0.25) is 11.8 Å². The Labute approximate surface area is 136 Å². The van der Waals surface area contributed by atoms with Crippen LogP contribution < -0.4 is 4.90 Å². The molecule has 0 radical (unpaired) electrons. The molecule has 1 heterocycles. The molecule has 0 N–H and O–H groups in total. The third-order valence-electron chi connectivity index (χ3n) is 6.43. The fraction of sp³-hybridized carbons (Fsp3) is 0.400. The number of imide groups is 1. The molecule has 1 saturated heterocycles. The van der Waals surface area contributed by atoms with Gasteiger partial charge in [-0.3, -0.25) is 9.59 Å². The van der Waals surface area contributed by atoms with Crippen molar-refractivity contribution in [3.05, 3.63) is 42.5 Å². The maximum atomic E-state index is 13.3. The fourth-order valence-electron chi connectivity index (χ4n) is 4.45. The van der Waals surface area contributed by atoms with Crippen molar-refractivity contribution in [1.29, 1.82) is 0 Å². The van der Waals surface area contributed by atoms with Gasteiger partial charge in [0.1, 0.15) is 0 Å². The van der Waals surface area contributed by atoms with E-state index in [2.05, 4.69) is 13.8 Å². The summed E-state index contributed by atoms with van der Waals surface area (Å²) >= 11 is 0.